The zero-order valence-corrected chi connectivity index (χ0v) is 10.7. The quantitative estimate of drug-likeness (QED) is 0.948. The van der Waals surface area contributed by atoms with Gasteiger partial charge in [0.15, 0.2) is 0 Å². The van der Waals surface area contributed by atoms with Crippen LogP contribution >= 0.6 is 11.3 Å². The molecule has 0 aliphatic carbocycles. The van der Waals surface area contributed by atoms with Crippen LogP contribution in [0.4, 0.5) is 13.2 Å². The largest absolute Gasteiger partial charge is 0.477 e. The minimum atomic E-state index is -4.56. The Bertz CT molecular complexity index is 702. The Kier molecular flexibility index (Phi) is 3.67. The van der Waals surface area contributed by atoms with Crippen LogP contribution in [-0.2, 0) is 12.7 Å². The smallest absolute Gasteiger partial charge is 0.417 e. The number of aromatic nitrogens is 1. The molecule has 0 aliphatic rings. The second-order valence-corrected chi connectivity index (χ2v) is 4.88. The lowest BCUT2D eigenvalue weighted by Crippen LogP contribution is -2.22. The lowest BCUT2D eigenvalue weighted by Gasteiger charge is -2.10. The summed E-state index contributed by atoms with van der Waals surface area (Å²) in [5.74, 6) is -1.17. The number of hydrogen-bond acceptors (Lipinski definition) is 3. The van der Waals surface area contributed by atoms with Crippen LogP contribution in [0.2, 0.25) is 0 Å². The number of rotatable bonds is 3. The predicted octanol–water partition coefficient (Wildman–Crippen LogP) is 2.68. The second kappa shape index (κ2) is 5.12. The van der Waals surface area contributed by atoms with Crippen molar-refractivity contribution in [1.29, 1.82) is 0 Å². The Morgan fingerprint density at radius 3 is 2.60 bits per heavy atom. The predicted molar refractivity (Wildman–Crippen MR) is 66.1 cm³/mol. The number of carboxylic acid groups (broad SMARTS) is 1. The molecule has 0 bridgehead atoms. The topological polar surface area (TPSA) is 59.3 Å². The van der Waals surface area contributed by atoms with Crippen molar-refractivity contribution in [3.05, 3.63) is 56.1 Å². The number of thiophene rings is 1. The molecular weight excluding hydrogens is 295 g/mol. The highest BCUT2D eigenvalue weighted by atomic mass is 32.1. The van der Waals surface area contributed by atoms with Gasteiger partial charge in [0.1, 0.15) is 4.88 Å². The van der Waals surface area contributed by atoms with E-state index in [4.69, 9.17) is 5.11 Å². The van der Waals surface area contributed by atoms with Gasteiger partial charge in [-0.25, -0.2) is 4.79 Å². The summed E-state index contributed by atoms with van der Waals surface area (Å²) in [4.78, 5) is 22.5. The Hall–Kier alpha value is -2.09. The lowest BCUT2D eigenvalue weighted by atomic mass is 10.2. The maximum Gasteiger partial charge on any atom is 0.417 e. The standard InChI is InChI=1S/C12H8F3NO3S/c13-12(14,15)8-1-2-9(17)16(6-8)5-7-3-4-20-10(7)11(18)19/h1-4,6H,5H2,(H,18,19). The molecular formula is C12H8F3NO3S. The normalized spacial score (nSPS) is 11.6. The third-order valence-corrected chi connectivity index (χ3v) is 3.54. The molecule has 4 nitrogen and oxygen atoms in total. The minimum absolute atomic E-state index is 0.00862. The molecule has 0 aliphatic heterocycles. The van der Waals surface area contributed by atoms with E-state index in [-0.39, 0.29) is 11.4 Å². The highest BCUT2D eigenvalue weighted by molar-refractivity contribution is 7.12. The van der Waals surface area contributed by atoms with E-state index in [0.29, 0.717) is 17.8 Å². The summed E-state index contributed by atoms with van der Waals surface area (Å²) in [5, 5.41) is 10.4. The monoisotopic (exact) mass is 303 g/mol. The van der Waals surface area contributed by atoms with Crippen LogP contribution in [0.25, 0.3) is 0 Å². The number of nitrogens with zero attached hydrogens (tertiary/aromatic N) is 1. The average molecular weight is 303 g/mol. The van der Waals surface area contributed by atoms with E-state index in [1.54, 1.807) is 0 Å². The molecule has 0 radical (unpaired) electrons. The van der Waals surface area contributed by atoms with Gasteiger partial charge in [-0.3, -0.25) is 4.79 Å². The van der Waals surface area contributed by atoms with E-state index in [0.717, 1.165) is 22.0 Å². The van der Waals surface area contributed by atoms with Crippen LogP contribution < -0.4 is 5.56 Å². The van der Waals surface area contributed by atoms with Gasteiger partial charge < -0.3 is 9.67 Å². The number of alkyl halides is 3. The minimum Gasteiger partial charge on any atom is -0.477 e. The number of carboxylic acids is 1. The highest BCUT2D eigenvalue weighted by Crippen LogP contribution is 2.28. The zero-order chi connectivity index (χ0) is 14.9. The molecule has 0 spiro atoms. The van der Waals surface area contributed by atoms with Crippen molar-refractivity contribution in [3.8, 4) is 0 Å². The van der Waals surface area contributed by atoms with Gasteiger partial charge in [0.05, 0.1) is 12.1 Å². The first-order valence-electron chi connectivity index (χ1n) is 5.36. The van der Waals surface area contributed by atoms with Crippen molar-refractivity contribution in [2.45, 2.75) is 12.7 Å². The molecule has 106 valence electrons. The van der Waals surface area contributed by atoms with Crippen LogP contribution in [0, 0.1) is 0 Å². The Morgan fingerprint density at radius 2 is 2.00 bits per heavy atom. The van der Waals surface area contributed by atoms with Crippen molar-refractivity contribution >= 4 is 17.3 Å². The molecule has 2 rings (SSSR count). The SMILES string of the molecule is O=C(O)c1sccc1Cn1cc(C(F)(F)F)ccc1=O. The van der Waals surface area contributed by atoms with E-state index in [9.17, 15) is 22.8 Å². The third kappa shape index (κ3) is 2.90. The molecule has 0 saturated heterocycles. The maximum atomic E-state index is 12.6. The van der Waals surface area contributed by atoms with Gasteiger partial charge in [-0.2, -0.15) is 13.2 Å². The van der Waals surface area contributed by atoms with E-state index < -0.39 is 23.3 Å². The van der Waals surface area contributed by atoms with Gasteiger partial charge >= 0.3 is 12.1 Å². The maximum absolute atomic E-state index is 12.6. The average Bonchev–Trinajstić information content (AvgIpc) is 2.78. The number of hydrogen-bond donors (Lipinski definition) is 1. The van der Waals surface area contributed by atoms with Crippen molar-refractivity contribution in [2.75, 3.05) is 0 Å². The molecule has 2 heterocycles. The first-order valence-corrected chi connectivity index (χ1v) is 6.24. The van der Waals surface area contributed by atoms with Gasteiger partial charge in [0.2, 0.25) is 0 Å². The van der Waals surface area contributed by atoms with E-state index in [1.807, 2.05) is 0 Å². The van der Waals surface area contributed by atoms with Gasteiger partial charge in [0, 0.05) is 12.3 Å². The van der Waals surface area contributed by atoms with Gasteiger partial charge in [0.25, 0.3) is 5.56 Å². The van der Waals surface area contributed by atoms with Crippen molar-refractivity contribution in [1.82, 2.24) is 4.57 Å². The van der Waals surface area contributed by atoms with Crippen molar-refractivity contribution < 1.29 is 23.1 Å². The van der Waals surface area contributed by atoms with E-state index >= 15 is 0 Å². The van der Waals surface area contributed by atoms with Crippen molar-refractivity contribution in [3.63, 3.8) is 0 Å². The van der Waals surface area contributed by atoms with E-state index in [2.05, 4.69) is 0 Å². The summed E-state index contributed by atoms with van der Waals surface area (Å²) >= 11 is 0.955. The zero-order valence-electron chi connectivity index (χ0n) is 9.85. The molecule has 0 atom stereocenters. The van der Waals surface area contributed by atoms with Crippen LogP contribution in [-0.4, -0.2) is 15.6 Å². The molecule has 2 aromatic rings. The molecule has 0 amide bonds. The van der Waals surface area contributed by atoms with Gasteiger partial charge in [-0.1, -0.05) is 0 Å². The Balaban J connectivity index is 2.41. The summed E-state index contributed by atoms with van der Waals surface area (Å²) < 4.78 is 38.6. The highest BCUT2D eigenvalue weighted by Gasteiger charge is 2.31. The van der Waals surface area contributed by atoms with Crippen LogP contribution in [0.5, 0.6) is 0 Å². The fourth-order valence-electron chi connectivity index (χ4n) is 1.65. The van der Waals surface area contributed by atoms with Gasteiger partial charge in [-0.15, -0.1) is 11.3 Å². The number of carbonyl (C=O) groups is 1. The number of pyridine rings is 1. The summed E-state index contributed by atoms with van der Waals surface area (Å²) in [6.45, 7) is -0.214. The fourth-order valence-corrected chi connectivity index (χ4v) is 2.41. The molecule has 8 heteroatoms. The molecule has 0 unspecified atom stereocenters. The lowest BCUT2D eigenvalue weighted by molar-refractivity contribution is -0.138. The molecule has 20 heavy (non-hydrogen) atoms. The Labute approximate surface area is 114 Å². The molecule has 0 fully saturated rings. The van der Waals surface area contributed by atoms with Crippen molar-refractivity contribution in [2.24, 2.45) is 0 Å². The third-order valence-electron chi connectivity index (χ3n) is 2.59. The van der Waals surface area contributed by atoms with Crippen LogP contribution in [0.1, 0.15) is 20.8 Å². The van der Waals surface area contributed by atoms with Crippen LogP contribution in [0.15, 0.2) is 34.6 Å². The summed E-state index contributed by atoms with van der Waals surface area (Å²) in [6, 6.07) is 2.99. The number of halogens is 3. The molecule has 1 N–H and O–H groups in total. The second-order valence-electron chi connectivity index (χ2n) is 3.96. The van der Waals surface area contributed by atoms with E-state index in [1.165, 1.54) is 11.4 Å². The first kappa shape index (κ1) is 14.3. The van der Waals surface area contributed by atoms with Crippen LogP contribution in [0.3, 0.4) is 0 Å². The summed E-state index contributed by atoms with van der Waals surface area (Å²) in [6.07, 6.45) is -3.87. The molecule has 0 saturated carbocycles. The summed E-state index contributed by atoms with van der Waals surface area (Å²) in [5.41, 5.74) is -1.28. The Morgan fingerprint density at radius 1 is 1.30 bits per heavy atom. The molecule has 0 aromatic carbocycles. The summed E-state index contributed by atoms with van der Waals surface area (Å²) in [7, 11) is 0. The number of aromatic carboxylic acids is 1. The molecule has 2 aromatic heterocycles. The first-order chi connectivity index (χ1) is 9.29. The fraction of sp³-hybridized carbons (Fsp3) is 0.167. The van der Waals surface area contributed by atoms with Gasteiger partial charge in [-0.05, 0) is 23.1 Å².